The lowest BCUT2D eigenvalue weighted by atomic mass is 10.1. The van der Waals surface area contributed by atoms with Gasteiger partial charge in [-0.2, -0.15) is 4.31 Å². The van der Waals surface area contributed by atoms with Crippen LogP contribution in [-0.2, 0) is 14.8 Å². The van der Waals surface area contributed by atoms with E-state index in [-0.39, 0.29) is 29.8 Å². The third-order valence-corrected chi connectivity index (χ3v) is 7.32. The van der Waals surface area contributed by atoms with Crippen LogP contribution in [0.3, 0.4) is 0 Å². The second-order valence-corrected chi connectivity index (χ2v) is 9.36. The van der Waals surface area contributed by atoms with Gasteiger partial charge >= 0.3 is 0 Å². The Morgan fingerprint density at radius 3 is 2.50 bits per heavy atom. The minimum atomic E-state index is -3.76. The number of sulfonamides is 1. The van der Waals surface area contributed by atoms with E-state index in [2.05, 4.69) is 5.32 Å². The average molecular weight is 429 g/mol. The molecule has 2 aliphatic heterocycles. The molecule has 2 heterocycles. The van der Waals surface area contributed by atoms with Crippen molar-refractivity contribution in [1.82, 2.24) is 9.21 Å². The maximum atomic E-state index is 13.1. The Kier molecular flexibility index (Phi) is 5.25. The number of piperazine rings is 1. The fourth-order valence-electron chi connectivity index (χ4n) is 3.61. The predicted molar refractivity (Wildman–Crippen MR) is 111 cm³/mol. The molecule has 0 spiro atoms. The van der Waals surface area contributed by atoms with Crippen LogP contribution >= 0.6 is 0 Å². The third kappa shape index (κ3) is 3.66. The Morgan fingerprint density at radius 2 is 1.80 bits per heavy atom. The summed E-state index contributed by atoms with van der Waals surface area (Å²) >= 11 is 0. The first-order valence-corrected chi connectivity index (χ1v) is 11.2. The molecule has 2 aromatic rings. The van der Waals surface area contributed by atoms with Crippen molar-refractivity contribution in [3.8, 4) is 5.75 Å². The number of aryl methyl sites for hydroxylation is 1. The zero-order valence-corrected chi connectivity index (χ0v) is 17.6. The van der Waals surface area contributed by atoms with Crippen LogP contribution in [0.2, 0.25) is 0 Å². The lowest BCUT2D eigenvalue weighted by Gasteiger charge is -2.34. The van der Waals surface area contributed by atoms with E-state index in [0.717, 1.165) is 5.56 Å². The zero-order chi connectivity index (χ0) is 21.5. The van der Waals surface area contributed by atoms with Gasteiger partial charge < -0.3 is 15.0 Å². The minimum absolute atomic E-state index is 0.0818. The molecule has 1 atom stereocenters. The first-order chi connectivity index (χ1) is 14.3. The number of hydrogen-bond acceptors (Lipinski definition) is 5. The molecule has 0 saturated carbocycles. The molecule has 1 unspecified atom stereocenters. The summed E-state index contributed by atoms with van der Waals surface area (Å²) in [6.07, 6.45) is -0.626. The molecule has 158 valence electrons. The number of ether oxygens (including phenoxy) is 1. The Labute approximate surface area is 175 Å². The minimum Gasteiger partial charge on any atom is -0.479 e. The van der Waals surface area contributed by atoms with Gasteiger partial charge in [0.1, 0.15) is 5.75 Å². The summed E-state index contributed by atoms with van der Waals surface area (Å²) in [4.78, 5) is 26.4. The van der Waals surface area contributed by atoms with Crippen LogP contribution in [0.1, 0.15) is 22.8 Å². The zero-order valence-electron chi connectivity index (χ0n) is 16.8. The van der Waals surface area contributed by atoms with E-state index in [9.17, 15) is 18.0 Å². The number of benzene rings is 2. The van der Waals surface area contributed by atoms with E-state index in [4.69, 9.17) is 4.74 Å². The molecule has 2 amide bonds. The lowest BCUT2D eigenvalue weighted by Crippen LogP contribution is -2.50. The van der Waals surface area contributed by atoms with Gasteiger partial charge in [0.2, 0.25) is 10.0 Å². The van der Waals surface area contributed by atoms with Crippen LogP contribution in [0.4, 0.5) is 5.69 Å². The number of carbonyl (C=O) groups is 2. The van der Waals surface area contributed by atoms with Gasteiger partial charge in [0.25, 0.3) is 11.8 Å². The number of carbonyl (C=O) groups excluding carboxylic acids is 2. The number of nitrogens with one attached hydrogen (secondary N) is 1. The highest BCUT2D eigenvalue weighted by Gasteiger charge is 2.32. The summed E-state index contributed by atoms with van der Waals surface area (Å²) in [5.74, 6) is 0.0305. The van der Waals surface area contributed by atoms with Crippen LogP contribution in [0, 0.1) is 6.92 Å². The molecule has 0 radical (unpaired) electrons. The molecule has 0 bridgehead atoms. The fourth-order valence-corrected chi connectivity index (χ4v) is 5.06. The molecule has 1 N–H and O–H groups in total. The molecule has 8 nitrogen and oxygen atoms in total. The summed E-state index contributed by atoms with van der Waals surface area (Å²) in [5.41, 5.74) is 1.87. The van der Waals surface area contributed by atoms with Crippen molar-refractivity contribution in [2.24, 2.45) is 0 Å². The summed E-state index contributed by atoms with van der Waals surface area (Å²) in [6.45, 7) is 4.55. The second-order valence-electron chi connectivity index (χ2n) is 7.42. The topological polar surface area (TPSA) is 96.0 Å². The van der Waals surface area contributed by atoms with E-state index >= 15 is 0 Å². The first-order valence-electron chi connectivity index (χ1n) is 9.74. The summed E-state index contributed by atoms with van der Waals surface area (Å²) in [6, 6.07) is 11.8. The van der Waals surface area contributed by atoms with Crippen molar-refractivity contribution < 1.29 is 22.7 Å². The van der Waals surface area contributed by atoms with Gasteiger partial charge in [0.05, 0.1) is 10.6 Å². The number of fused-ring (bicyclic) bond motifs is 1. The average Bonchev–Trinajstić information content (AvgIpc) is 2.74. The fraction of sp³-hybridized carbons (Fsp3) is 0.333. The number of rotatable bonds is 3. The van der Waals surface area contributed by atoms with Crippen molar-refractivity contribution in [1.29, 1.82) is 0 Å². The molecule has 1 saturated heterocycles. The molecular formula is C21H23N3O5S. The third-order valence-electron chi connectivity index (χ3n) is 5.42. The standard InChI is InChI=1S/C21H23N3O5S/c1-14-5-3-4-6-17(14)21(26)23-9-11-24(12-10-23)30(27,28)16-7-8-19-18(13-16)22-20(25)15(2)29-19/h3-8,13,15H,9-12H2,1-2H3,(H,22,25). The highest BCUT2D eigenvalue weighted by molar-refractivity contribution is 7.89. The van der Waals surface area contributed by atoms with Crippen molar-refractivity contribution >= 4 is 27.5 Å². The maximum absolute atomic E-state index is 13.1. The van der Waals surface area contributed by atoms with Crippen LogP contribution in [0.25, 0.3) is 0 Å². The molecule has 0 aromatic heterocycles. The van der Waals surface area contributed by atoms with E-state index in [1.54, 1.807) is 24.0 Å². The Balaban J connectivity index is 1.48. The number of amides is 2. The van der Waals surface area contributed by atoms with E-state index in [0.29, 0.717) is 30.1 Å². The van der Waals surface area contributed by atoms with Crippen LogP contribution in [-0.4, -0.2) is 61.7 Å². The Bertz CT molecular complexity index is 1110. The largest absolute Gasteiger partial charge is 0.479 e. The number of anilines is 1. The van der Waals surface area contributed by atoms with Crippen LogP contribution in [0.15, 0.2) is 47.4 Å². The second kappa shape index (κ2) is 7.73. The van der Waals surface area contributed by atoms with Crippen molar-refractivity contribution in [3.63, 3.8) is 0 Å². The van der Waals surface area contributed by atoms with E-state index < -0.39 is 16.1 Å². The normalized spacial score (nSPS) is 19.6. The highest BCUT2D eigenvalue weighted by atomic mass is 32.2. The van der Waals surface area contributed by atoms with Gasteiger partial charge in [-0.1, -0.05) is 18.2 Å². The van der Waals surface area contributed by atoms with Gasteiger partial charge in [-0.3, -0.25) is 9.59 Å². The summed E-state index contributed by atoms with van der Waals surface area (Å²) < 4.78 is 33.0. The molecule has 2 aromatic carbocycles. The molecule has 0 aliphatic carbocycles. The molecule has 30 heavy (non-hydrogen) atoms. The maximum Gasteiger partial charge on any atom is 0.265 e. The quantitative estimate of drug-likeness (QED) is 0.804. The Hall–Kier alpha value is -2.91. The van der Waals surface area contributed by atoms with Crippen molar-refractivity contribution in [2.45, 2.75) is 24.8 Å². The summed E-state index contributed by atoms with van der Waals surface area (Å²) in [5, 5.41) is 2.67. The van der Waals surface area contributed by atoms with Crippen molar-refractivity contribution in [2.75, 3.05) is 31.5 Å². The van der Waals surface area contributed by atoms with Gasteiger partial charge in [-0.05, 0) is 43.7 Å². The number of nitrogens with zero attached hydrogens (tertiary/aromatic N) is 2. The number of hydrogen-bond donors (Lipinski definition) is 1. The van der Waals surface area contributed by atoms with Crippen LogP contribution < -0.4 is 10.1 Å². The van der Waals surface area contributed by atoms with Crippen LogP contribution in [0.5, 0.6) is 5.75 Å². The van der Waals surface area contributed by atoms with Crippen molar-refractivity contribution in [3.05, 3.63) is 53.6 Å². The van der Waals surface area contributed by atoms with Gasteiger partial charge in [-0.15, -0.1) is 0 Å². The smallest absolute Gasteiger partial charge is 0.265 e. The summed E-state index contributed by atoms with van der Waals surface area (Å²) in [7, 11) is -3.76. The van der Waals surface area contributed by atoms with Gasteiger partial charge in [0.15, 0.2) is 6.10 Å². The molecular weight excluding hydrogens is 406 g/mol. The Morgan fingerprint density at radius 1 is 1.10 bits per heavy atom. The van der Waals surface area contributed by atoms with E-state index in [1.165, 1.54) is 16.4 Å². The SMILES string of the molecule is Cc1ccccc1C(=O)N1CCN(S(=O)(=O)c2ccc3c(c2)NC(=O)C(C)O3)CC1. The molecule has 1 fully saturated rings. The lowest BCUT2D eigenvalue weighted by molar-refractivity contribution is -0.122. The van der Waals surface area contributed by atoms with Gasteiger partial charge in [-0.25, -0.2) is 8.42 Å². The molecule has 4 rings (SSSR count). The highest BCUT2D eigenvalue weighted by Crippen LogP contribution is 2.33. The first kappa shape index (κ1) is 20.4. The molecule has 9 heteroatoms. The molecule has 2 aliphatic rings. The monoisotopic (exact) mass is 429 g/mol. The predicted octanol–water partition coefficient (Wildman–Crippen LogP) is 1.86. The van der Waals surface area contributed by atoms with Gasteiger partial charge in [0, 0.05) is 31.7 Å². The van der Waals surface area contributed by atoms with E-state index in [1.807, 2.05) is 25.1 Å².